The lowest BCUT2D eigenvalue weighted by atomic mass is 10.1. The van der Waals surface area contributed by atoms with E-state index in [1.807, 2.05) is 35.7 Å². The van der Waals surface area contributed by atoms with E-state index in [-0.39, 0.29) is 11.9 Å². The first-order chi connectivity index (χ1) is 11.5. The van der Waals surface area contributed by atoms with E-state index in [0.29, 0.717) is 6.54 Å². The molecule has 3 rings (SSSR count). The van der Waals surface area contributed by atoms with Crippen molar-refractivity contribution in [3.8, 4) is 5.69 Å². The summed E-state index contributed by atoms with van der Waals surface area (Å²) in [5.74, 6) is 1.86. The Morgan fingerprint density at radius 3 is 2.79 bits per heavy atom. The molecular formula is C18H24N4OS. The number of nitrogens with one attached hydrogen (secondary N) is 1. The summed E-state index contributed by atoms with van der Waals surface area (Å²) in [5, 5.41) is 7.95. The van der Waals surface area contributed by atoms with Gasteiger partial charge in [-0.2, -0.15) is 5.10 Å². The highest BCUT2D eigenvalue weighted by Crippen LogP contribution is 2.22. The Balaban J connectivity index is 1.84. The summed E-state index contributed by atoms with van der Waals surface area (Å²) in [7, 11) is 1.87. The number of likely N-dealkylation sites (N-methyl/N-ethyl adjacent to an activating group) is 1. The van der Waals surface area contributed by atoms with Gasteiger partial charge in [-0.1, -0.05) is 18.2 Å². The highest BCUT2D eigenvalue weighted by Gasteiger charge is 2.26. The zero-order valence-corrected chi connectivity index (χ0v) is 15.5. The van der Waals surface area contributed by atoms with Gasteiger partial charge in [-0.15, -0.1) is 11.8 Å². The van der Waals surface area contributed by atoms with E-state index < -0.39 is 0 Å². The van der Waals surface area contributed by atoms with E-state index in [0.717, 1.165) is 34.3 Å². The molecule has 0 spiro atoms. The van der Waals surface area contributed by atoms with E-state index in [1.54, 1.807) is 11.8 Å². The fraction of sp³-hybridized carbons (Fsp3) is 0.444. The number of nitrogens with zero attached hydrogens (tertiary/aromatic N) is 3. The van der Waals surface area contributed by atoms with Crippen LogP contribution in [0.15, 0.2) is 24.3 Å². The van der Waals surface area contributed by atoms with Gasteiger partial charge >= 0.3 is 0 Å². The second kappa shape index (κ2) is 6.99. The summed E-state index contributed by atoms with van der Waals surface area (Å²) < 4.78 is 1.99. The highest BCUT2D eigenvalue weighted by atomic mass is 32.2. The van der Waals surface area contributed by atoms with E-state index in [2.05, 4.69) is 31.3 Å². The number of amides is 1. The van der Waals surface area contributed by atoms with Crippen LogP contribution in [0.5, 0.6) is 0 Å². The fourth-order valence-corrected chi connectivity index (χ4v) is 4.01. The first kappa shape index (κ1) is 17.0. The number of aromatic nitrogens is 2. The number of rotatable bonds is 4. The van der Waals surface area contributed by atoms with Gasteiger partial charge in [0.1, 0.15) is 0 Å². The number of aryl methyl sites for hydroxylation is 2. The first-order valence-electron chi connectivity index (χ1n) is 8.16. The third-order valence-corrected chi connectivity index (χ3v) is 5.51. The van der Waals surface area contributed by atoms with Crippen LogP contribution in [0.4, 0.5) is 0 Å². The quantitative estimate of drug-likeness (QED) is 0.925. The highest BCUT2D eigenvalue weighted by molar-refractivity contribution is 7.99. The Morgan fingerprint density at radius 1 is 1.38 bits per heavy atom. The number of hydrogen-bond donors (Lipinski definition) is 1. The molecule has 0 unspecified atom stereocenters. The summed E-state index contributed by atoms with van der Waals surface area (Å²) >= 11 is 1.77. The van der Waals surface area contributed by atoms with Crippen LogP contribution in [-0.2, 0) is 11.3 Å². The maximum absolute atomic E-state index is 12.5. The van der Waals surface area contributed by atoms with Crippen LogP contribution >= 0.6 is 11.8 Å². The standard InChI is InChI=1S/C18H24N4OS/c1-12-7-5-6-8-17(12)22-14(3)15(13(2)20-22)9-21(4)18(23)16-10-24-11-19-16/h5-8,16,19H,9-11H2,1-4H3/t16-/m0/s1. The van der Waals surface area contributed by atoms with Crippen molar-refractivity contribution in [2.45, 2.75) is 33.4 Å². The molecule has 1 aromatic heterocycles. The Bertz CT molecular complexity index is 749. The van der Waals surface area contributed by atoms with Gasteiger partial charge in [0.25, 0.3) is 0 Å². The van der Waals surface area contributed by atoms with E-state index in [9.17, 15) is 4.79 Å². The molecule has 6 heteroatoms. The van der Waals surface area contributed by atoms with E-state index in [1.165, 1.54) is 5.56 Å². The average molecular weight is 344 g/mol. The van der Waals surface area contributed by atoms with Gasteiger partial charge in [0.05, 0.1) is 17.4 Å². The second-order valence-corrected chi connectivity index (χ2v) is 7.34. The molecule has 1 N–H and O–H groups in total. The third kappa shape index (κ3) is 3.21. The molecule has 1 aliphatic heterocycles. The molecule has 1 atom stereocenters. The number of para-hydroxylation sites is 1. The molecule has 1 fully saturated rings. The van der Waals surface area contributed by atoms with Crippen LogP contribution < -0.4 is 5.32 Å². The molecule has 1 amide bonds. The molecule has 2 aromatic rings. The average Bonchev–Trinajstić information content (AvgIpc) is 3.19. The van der Waals surface area contributed by atoms with Gasteiger partial charge in [0.2, 0.25) is 5.91 Å². The molecule has 1 saturated heterocycles. The number of benzene rings is 1. The van der Waals surface area contributed by atoms with Crippen molar-refractivity contribution in [2.24, 2.45) is 0 Å². The normalized spacial score (nSPS) is 17.2. The van der Waals surface area contributed by atoms with Crippen LogP contribution in [0.25, 0.3) is 5.69 Å². The Labute approximate surface area is 147 Å². The van der Waals surface area contributed by atoms with Crippen molar-refractivity contribution in [3.05, 3.63) is 46.8 Å². The van der Waals surface area contributed by atoms with Crippen LogP contribution in [0.1, 0.15) is 22.5 Å². The predicted molar refractivity (Wildman–Crippen MR) is 98.5 cm³/mol. The largest absolute Gasteiger partial charge is 0.340 e. The molecule has 2 heterocycles. The minimum atomic E-state index is -0.0629. The van der Waals surface area contributed by atoms with Crippen LogP contribution in [0.2, 0.25) is 0 Å². The Hall–Kier alpha value is -1.79. The fourth-order valence-electron chi connectivity index (χ4n) is 3.07. The zero-order chi connectivity index (χ0) is 17.3. The topological polar surface area (TPSA) is 50.2 Å². The van der Waals surface area contributed by atoms with Crippen molar-refractivity contribution >= 4 is 17.7 Å². The maximum Gasteiger partial charge on any atom is 0.240 e. The third-order valence-electron chi connectivity index (χ3n) is 4.57. The van der Waals surface area contributed by atoms with Gasteiger partial charge in [-0.05, 0) is 32.4 Å². The molecule has 128 valence electrons. The minimum Gasteiger partial charge on any atom is -0.340 e. The molecule has 0 aliphatic carbocycles. The van der Waals surface area contributed by atoms with E-state index in [4.69, 9.17) is 5.10 Å². The van der Waals surface area contributed by atoms with Crippen molar-refractivity contribution < 1.29 is 4.79 Å². The monoisotopic (exact) mass is 344 g/mol. The van der Waals surface area contributed by atoms with Crippen molar-refractivity contribution in [2.75, 3.05) is 18.7 Å². The lowest BCUT2D eigenvalue weighted by Gasteiger charge is -2.21. The number of carbonyl (C=O) groups excluding carboxylic acids is 1. The van der Waals surface area contributed by atoms with E-state index >= 15 is 0 Å². The number of thioether (sulfide) groups is 1. The first-order valence-corrected chi connectivity index (χ1v) is 9.31. The molecule has 1 aromatic carbocycles. The minimum absolute atomic E-state index is 0.0629. The summed E-state index contributed by atoms with van der Waals surface area (Å²) in [6, 6.07) is 8.16. The molecule has 0 radical (unpaired) electrons. The van der Waals surface area contributed by atoms with Crippen molar-refractivity contribution in [1.82, 2.24) is 20.0 Å². The summed E-state index contributed by atoms with van der Waals surface area (Å²) in [6.45, 7) is 6.76. The Kier molecular flexibility index (Phi) is 4.96. The molecular weight excluding hydrogens is 320 g/mol. The summed E-state index contributed by atoms with van der Waals surface area (Å²) in [6.07, 6.45) is 0. The predicted octanol–water partition coefficient (Wildman–Crippen LogP) is 2.42. The SMILES string of the molecule is Cc1ccccc1-n1nc(C)c(CN(C)C(=O)[C@@H]2CSCN2)c1C. The molecule has 0 bridgehead atoms. The van der Waals surface area contributed by atoms with Gasteiger partial charge in [0.15, 0.2) is 0 Å². The van der Waals surface area contributed by atoms with Crippen LogP contribution in [-0.4, -0.2) is 45.3 Å². The maximum atomic E-state index is 12.5. The number of carbonyl (C=O) groups is 1. The summed E-state index contributed by atoms with van der Waals surface area (Å²) in [4.78, 5) is 14.3. The molecule has 1 aliphatic rings. The van der Waals surface area contributed by atoms with Crippen molar-refractivity contribution in [1.29, 1.82) is 0 Å². The smallest absolute Gasteiger partial charge is 0.240 e. The second-order valence-electron chi connectivity index (χ2n) is 6.31. The van der Waals surface area contributed by atoms with Crippen molar-refractivity contribution in [3.63, 3.8) is 0 Å². The van der Waals surface area contributed by atoms with Gasteiger partial charge in [-0.25, -0.2) is 4.68 Å². The number of hydrogen-bond acceptors (Lipinski definition) is 4. The van der Waals surface area contributed by atoms with Gasteiger partial charge in [-0.3, -0.25) is 10.1 Å². The Morgan fingerprint density at radius 2 is 2.12 bits per heavy atom. The van der Waals surface area contributed by atoms with Gasteiger partial charge in [0, 0.05) is 36.5 Å². The zero-order valence-electron chi connectivity index (χ0n) is 14.7. The lowest BCUT2D eigenvalue weighted by molar-refractivity contribution is -0.131. The molecule has 5 nitrogen and oxygen atoms in total. The lowest BCUT2D eigenvalue weighted by Crippen LogP contribution is -2.42. The summed E-state index contributed by atoms with van der Waals surface area (Å²) in [5.41, 5.74) is 5.47. The molecule has 24 heavy (non-hydrogen) atoms. The van der Waals surface area contributed by atoms with Crippen LogP contribution in [0.3, 0.4) is 0 Å². The van der Waals surface area contributed by atoms with Crippen LogP contribution in [0, 0.1) is 20.8 Å². The van der Waals surface area contributed by atoms with Gasteiger partial charge < -0.3 is 4.90 Å². The molecule has 0 saturated carbocycles.